The van der Waals surface area contributed by atoms with Gasteiger partial charge in [0.25, 0.3) is 0 Å². The largest absolute Gasteiger partial charge is 0.380 e. The number of allylic oxidation sites excluding steroid dienone is 1. The first-order valence-electron chi connectivity index (χ1n) is 5.60. The van der Waals surface area contributed by atoms with Gasteiger partial charge in [0.05, 0.1) is 12.6 Å². The van der Waals surface area contributed by atoms with Crippen molar-refractivity contribution >= 4 is 0 Å². The topological polar surface area (TPSA) is 24.5 Å². The molecule has 3 heteroatoms. The summed E-state index contributed by atoms with van der Waals surface area (Å²) in [6.45, 7) is 3.63. The van der Waals surface area contributed by atoms with Crippen molar-refractivity contribution in [1.82, 2.24) is 10.4 Å². The molecule has 80 valence electrons. The molecule has 1 fully saturated rings. The molecule has 2 aliphatic rings. The third-order valence-corrected chi connectivity index (χ3v) is 3.14. The summed E-state index contributed by atoms with van der Waals surface area (Å²) in [5, 5.41) is 2.17. The fourth-order valence-corrected chi connectivity index (χ4v) is 2.12. The van der Waals surface area contributed by atoms with Crippen molar-refractivity contribution in [1.29, 1.82) is 0 Å². The molecule has 3 nitrogen and oxygen atoms in total. The van der Waals surface area contributed by atoms with E-state index in [9.17, 15) is 0 Å². The number of nitrogens with zero attached hydrogens (tertiary/aromatic N) is 1. The monoisotopic (exact) mass is 196 g/mol. The Hall–Kier alpha value is -0.540. The molecule has 1 aliphatic heterocycles. The van der Waals surface area contributed by atoms with Gasteiger partial charge in [0.2, 0.25) is 0 Å². The van der Waals surface area contributed by atoms with Crippen LogP contribution in [0.25, 0.3) is 0 Å². The van der Waals surface area contributed by atoms with Crippen LogP contribution in [0.4, 0.5) is 0 Å². The Morgan fingerprint density at radius 1 is 1.57 bits per heavy atom. The summed E-state index contributed by atoms with van der Waals surface area (Å²) < 4.78 is 5.41. The van der Waals surface area contributed by atoms with E-state index in [-0.39, 0.29) is 0 Å². The lowest BCUT2D eigenvalue weighted by molar-refractivity contribution is 0.119. The van der Waals surface area contributed by atoms with E-state index < -0.39 is 0 Å². The van der Waals surface area contributed by atoms with E-state index in [1.54, 1.807) is 0 Å². The lowest BCUT2D eigenvalue weighted by atomic mass is 9.82. The smallest absolute Gasteiger partial charge is 0.0696 e. The predicted molar refractivity (Wildman–Crippen MR) is 56.6 cm³/mol. The van der Waals surface area contributed by atoms with Crippen LogP contribution in [0.15, 0.2) is 11.8 Å². The van der Waals surface area contributed by atoms with Gasteiger partial charge in [-0.3, -0.25) is 0 Å². The number of hydrogen-bond acceptors (Lipinski definition) is 3. The van der Waals surface area contributed by atoms with Gasteiger partial charge in [-0.25, -0.2) is 5.43 Å². The van der Waals surface area contributed by atoms with Gasteiger partial charge < -0.3 is 9.75 Å². The Bertz CT molecular complexity index is 223. The van der Waals surface area contributed by atoms with E-state index in [1.165, 1.54) is 25.0 Å². The molecule has 1 N–H and O–H groups in total. The summed E-state index contributed by atoms with van der Waals surface area (Å²) >= 11 is 0. The molecule has 1 atom stereocenters. The quantitative estimate of drug-likeness (QED) is 0.738. The average molecular weight is 196 g/mol. The molecule has 0 saturated heterocycles. The Labute approximate surface area is 86.1 Å². The lowest BCUT2D eigenvalue weighted by Gasteiger charge is -2.31. The van der Waals surface area contributed by atoms with Gasteiger partial charge in [-0.05, 0) is 25.8 Å². The first-order valence-corrected chi connectivity index (χ1v) is 5.60. The predicted octanol–water partition coefficient (Wildman–Crippen LogP) is 1.53. The van der Waals surface area contributed by atoms with Crippen LogP contribution in [0, 0.1) is 5.92 Å². The summed E-state index contributed by atoms with van der Waals surface area (Å²) in [4.78, 5) is 0. The standard InChI is InChI=1S/C11H20N2O/c1-3-14-8-10-7-11(13(2)12-10)9-5-4-6-9/h7,9-10,12H,3-6,8H2,1-2H3. The molecule has 0 aromatic heterocycles. The molecular formula is C11H20N2O. The summed E-state index contributed by atoms with van der Waals surface area (Å²) in [7, 11) is 2.11. The van der Waals surface area contributed by atoms with Crippen LogP contribution >= 0.6 is 0 Å². The molecule has 1 aliphatic carbocycles. The van der Waals surface area contributed by atoms with E-state index in [2.05, 4.69) is 23.6 Å². The van der Waals surface area contributed by atoms with Crippen molar-refractivity contribution in [2.24, 2.45) is 5.92 Å². The van der Waals surface area contributed by atoms with Crippen LogP contribution in [0.5, 0.6) is 0 Å². The third kappa shape index (κ3) is 1.93. The Morgan fingerprint density at radius 3 is 2.93 bits per heavy atom. The maximum absolute atomic E-state index is 5.41. The maximum atomic E-state index is 5.41. The fraction of sp³-hybridized carbons (Fsp3) is 0.818. The summed E-state index contributed by atoms with van der Waals surface area (Å²) in [6, 6.07) is 0.385. The fourth-order valence-electron chi connectivity index (χ4n) is 2.12. The Balaban J connectivity index is 1.88. The molecule has 0 radical (unpaired) electrons. The van der Waals surface area contributed by atoms with Crippen LogP contribution in [-0.2, 0) is 4.74 Å². The summed E-state index contributed by atoms with van der Waals surface area (Å²) in [5.74, 6) is 0.805. The molecule has 0 aromatic carbocycles. The highest BCUT2D eigenvalue weighted by molar-refractivity contribution is 5.15. The molecule has 0 aromatic rings. The van der Waals surface area contributed by atoms with Gasteiger partial charge >= 0.3 is 0 Å². The minimum absolute atomic E-state index is 0.385. The van der Waals surface area contributed by atoms with Crippen molar-refractivity contribution in [3.8, 4) is 0 Å². The van der Waals surface area contributed by atoms with Crippen molar-refractivity contribution in [2.45, 2.75) is 32.2 Å². The molecule has 0 amide bonds. The van der Waals surface area contributed by atoms with Crippen molar-refractivity contribution in [3.05, 3.63) is 11.8 Å². The SMILES string of the molecule is CCOCC1C=C(C2CCC2)N(C)N1. The summed E-state index contributed by atoms with van der Waals surface area (Å²) in [5.41, 5.74) is 4.88. The Kier molecular flexibility index (Phi) is 3.08. The van der Waals surface area contributed by atoms with E-state index in [0.29, 0.717) is 6.04 Å². The van der Waals surface area contributed by atoms with Crippen molar-refractivity contribution in [2.75, 3.05) is 20.3 Å². The minimum Gasteiger partial charge on any atom is -0.380 e. The van der Waals surface area contributed by atoms with Crippen LogP contribution < -0.4 is 5.43 Å². The molecule has 1 heterocycles. The van der Waals surface area contributed by atoms with Crippen LogP contribution in [-0.4, -0.2) is 31.3 Å². The molecule has 14 heavy (non-hydrogen) atoms. The van der Waals surface area contributed by atoms with E-state index in [4.69, 9.17) is 4.74 Å². The number of hydrogen-bond donors (Lipinski definition) is 1. The minimum atomic E-state index is 0.385. The molecule has 2 rings (SSSR count). The second kappa shape index (κ2) is 4.32. The Morgan fingerprint density at radius 2 is 2.36 bits per heavy atom. The second-order valence-corrected chi connectivity index (χ2v) is 4.17. The van der Waals surface area contributed by atoms with E-state index >= 15 is 0 Å². The molecular weight excluding hydrogens is 176 g/mol. The number of nitrogens with one attached hydrogen (secondary N) is 1. The summed E-state index contributed by atoms with van der Waals surface area (Å²) in [6.07, 6.45) is 6.45. The van der Waals surface area contributed by atoms with Crippen LogP contribution in [0.1, 0.15) is 26.2 Å². The van der Waals surface area contributed by atoms with Crippen molar-refractivity contribution in [3.63, 3.8) is 0 Å². The molecule has 1 unspecified atom stereocenters. The van der Waals surface area contributed by atoms with Gasteiger partial charge in [0, 0.05) is 25.3 Å². The highest BCUT2D eigenvalue weighted by Crippen LogP contribution is 2.35. The molecule has 0 bridgehead atoms. The normalized spacial score (nSPS) is 27.7. The van der Waals surface area contributed by atoms with Crippen molar-refractivity contribution < 1.29 is 4.74 Å². The zero-order chi connectivity index (χ0) is 9.97. The first-order chi connectivity index (χ1) is 6.81. The van der Waals surface area contributed by atoms with Gasteiger partial charge in [-0.2, -0.15) is 0 Å². The number of hydrazine groups is 1. The van der Waals surface area contributed by atoms with E-state index in [1.807, 2.05) is 6.92 Å². The van der Waals surface area contributed by atoms with Crippen LogP contribution in [0.3, 0.4) is 0 Å². The van der Waals surface area contributed by atoms with Gasteiger partial charge in [0.15, 0.2) is 0 Å². The highest BCUT2D eigenvalue weighted by Gasteiger charge is 2.29. The number of rotatable bonds is 4. The first kappa shape index (κ1) is 9.99. The second-order valence-electron chi connectivity index (χ2n) is 4.17. The highest BCUT2D eigenvalue weighted by atomic mass is 16.5. The van der Waals surface area contributed by atoms with E-state index in [0.717, 1.165) is 19.1 Å². The number of ether oxygens (including phenoxy) is 1. The zero-order valence-corrected chi connectivity index (χ0v) is 9.12. The van der Waals surface area contributed by atoms with Gasteiger partial charge in [0.1, 0.15) is 0 Å². The molecule has 1 saturated carbocycles. The molecule has 0 spiro atoms. The third-order valence-electron chi connectivity index (χ3n) is 3.14. The maximum Gasteiger partial charge on any atom is 0.0696 e. The van der Waals surface area contributed by atoms with Gasteiger partial charge in [-0.1, -0.05) is 6.42 Å². The average Bonchev–Trinajstić information content (AvgIpc) is 2.42. The lowest BCUT2D eigenvalue weighted by Crippen LogP contribution is -2.38. The van der Waals surface area contributed by atoms with Gasteiger partial charge in [-0.15, -0.1) is 0 Å². The van der Waals surface area contributed by atoms with Crippen LogP contribution in [0.2, 0.25) is 0 Å². The zero-order valence-electron chi connectivity index (χ0n) is 9.12.